The Kier molecular flexibility index (Phi) is 14.2. The van der Waals surface area contributed by atoms with E-state index >= 15 is 0 Å². The largest absolute Gasteiger partial charge is 0.493 e. The van der Waals surface area contributed by atoms with Gasteiger partial charge in [0.15, 0.2) is 5.96 Å². The van der Waals surface area contributed by atoms with Gasteiger partial charge in [-0.2, -0.15) is 0 Å². The van der Waals surface area contributed by atoms with E-state index in [0.29, 0.717) is 32.8 Å². The molecule has 0 saturated carbocycles. The fourth-order valence-electron chi connectivity index (χ4n) is 2.91. The number of methoxy groups -OCH3 is 1. The Morgan fingerprint density at radius 3 is 2.60 bits per heavy atom. The highest BCUT2D eigenvalue weighted by Gasteiger charge is 2.06. The van der Waals surface area contributed by atoms with E-state index in [1.165, 1.54) is 5.56 Å². The summed E-state index contributed by atoms with van der Waals surface area (Å²) >= 11 is 0. The number of nitrogens with zero attached hydrogens (tertiary/aromatic N) is 1. The van der Waals surface area contributed by atoms with Crippen LogP contribution in [-0.2, 0) is 20.8 Å². The summed E-state index contributed by atoms with van der Waals surface area (Å²) in [4.78, 5) is 15.6. The zero-order valence-electron chi connectivity index (χ0n) is 19.1. The number of benzene rings is 1. The van der Waals surface area contributed by atoms with Crippen molar-refractivity contribution in [2.75, 3.05) is 40.5 Å². The molecule has 0 aliphatic carbocycles. The minimum absolute atomic E-state index is 0.0987. The van der Waals surface area contributed by atoms with Crippen molar-refractivity contribution >= 4 is 11.9 Å². The van der Waals surface area contributed by atoms with Gasteiger partial charge in [-0.15, -0.1) is 0 Å². The second-order valence-corrected chi connectivity index (χ2v) is 7.13. The summed E-state index contributed by atoms with van der Waals surface area (Å²) in [5, 5.41) is 6.69. The Morgan fingerprint density at radius 1 is 1.07 bits per heavy atom. The molecule has 0 atom stereocenters. The molecule has 30 heavy (non-hydrogen) atoms. The minimum Gasteiger partial charge on any atom is -0.493 e. The van der Waals surface area contributed by atoms with Crippen molar-refractivity contribution < 1.29 is 19.0 Å². The summed E-state index contributed by atoms with van der Waals surface area (Å²) in [7, 11) is 3.47. The Morgan fingerprint density at radius 2 is 1.87 bits per heavy atom. The van der Waals surface area contributed by atoms with Gasteiger partial charge in [0.1, 0.15) is 5.75 Å². The Balaban J connectivity index is 2.31. The first kappa shape index (κ1) is 25.8. The number of aryl methyl sites for hydroxylation is 1. The molecule has 0 aromatic heterocycles. The number of carbonyl (C=O) groups is 1. The standard InChI is InChI=1S/C23H39N3O4/c1-5-29-22(27)11-8-6-7-9-14-25-23(24-3)26-18-20-13-12-19(2)17-21(20)30-16-10-15-28-4/h12-13,17H,5-11,14-16,18H2,1-4H3,(H2,24,25,26). The van der Waals surface area contributed by atoms with Crippen molar-refractivity contribution in [3.05, 3.63) is 29.3 Å². The van der Waals surface area contributed by atoms with Crippen LogP contribution in [0.2, 0.25) is 0 Å². The molecule has 0 radical (unpaired) electrons. The molecule has 0 unspecified atom stereocenters. The number of esters is 1. The zero-order chi connectivity index (χ0) is 22.0. The van der Waals surface area contributed by atoms with Crippen LogP contribution in [0.15, 0.2) is 23.2 Å². The van der Waals surface area contributed by atoms with Crippen LogP contribution >= 0.6 is 0 Å². The van der Waals surface area contributed by atoms with Crippen LogP contribution < -0.4 is 15.4 Å². The highest BCUT2D eigenvalue weighted by molar-refractivity contribution is 5.79. The van der Waals surface area contributed by atoms with Crippen LogP contribution in [0.4, 0.5) is 0 Å². The lowest BCUT2D eigenvalue weighted by Crippen LogP contribution is -2.37. The number of ether oxygens (including phenoxy) is 3. The normalized spacial score (nSPS) is 11.3. The first-order valence-corrected chi connectivity index (χ1v) is 10.9. The van der Waals surface area contributed by atoms with Crippen molar-refractivity contribution in [3.63, 3.8) is 0 Å². The molecule has 1 aromatic carbocycles. The van der Waals surface area contributed by atoms with Crippen molar-refractivity contribution in [2.24, 2.45) is 4.99 Å². The van der Waals surface area contributed by atoms with E-state index in [0.717, 1.165) is 55.9 Å². The van der Waals surface area contributed by atoms with Crippen LogP contribution in [0.3, 0.4) is 0 Å². The monoisotopic (exact) mass is 421 g/mol. The number of nitrogens with one attached hydrogen (secondary N) is 2. The molecule has 170 valence electrons. The maximum absolute atomic E-state index is 11.3. The molecule has 2 N–H and O–H groups in total. The first-order valence-electron chi connectivity index (χ1n) is 10.9. The van der Waals surface area contributed by atoms with Crippen LogP contribution in [0.5, 0.6) is 5.75 Å². The molecule has 0 bridgehead atoms. The van der Waals surface area contributed by atoms with Crippen LogP contribution in [0, 0.1) is 6.92 Å². The van der Waals surface area contributed by atoms with E-state index in [1.54, 1.807) is 14.2 Å². The maximum atomic E-state index is 11.3. The smallest absolute Gasteiger partial charge is 0.305 e. The molecule has 0 heterocycles. The predicted molar refractivity (Wildman–Crippen MR) is 121 cm³/mol. The number of hydrogen-bond donors (Lipinski definition) is 2. The summed E-state index contributed by atoms with van der Waals surface area (Å²) in [6.45, 7) is 7.16. The highest BCUT2D eigenvalue weighted by Crippen LogP contribution is 2.20. The number of rotatable bonds is 15. The lowest BCUT2D eigenvalue weighted by molar-refractivity contribution is -0.143. The summed E-state index contributed by atoms with van der Waals surface area (Å²) in [6, 6.07) is 6.24. The average molecular weight is 422 g/mol. The van der Waals surface area contributed by atoms with Gasteiger partial charge in [-0.05, 0) is 38.3 Å². The molecule has 1 aromatic rings. The molecule has 0 saturated heterocycles. The molecule has 0 spiro atoms. The lowest BCUT2D eigenvalue weighted by Gasteiger charge is -2.15. The van der Waals surface area contributed by atoms with Gasteiger partial charge in [-0.25, -0.2) is 0 Å². The predicted octanol–water partition coefficient (Wildman–Crippen LogP) is 3.59. The lowest BCUT2D eigenvalue weighted by atomic mass is 10.1. The second-order valence-electron chi connectivity index (χ2n) is 7.13. The van der Waals surface area contributed by atoms with Crippen molar-refractivity contribution in [3.8, 4) is 5.75 Å². The van der Waals surface area contributed by atoms with Gasteiger partial charge in [-0.3, -0.25) is 9.79 Å². The van der Waals surface area contributed by atoms with Crippen molar-refractivity contribution in [2.45, 2.75) is 58.9 Å². The number of unbranched alkanes of at least 4 members (excludes halogenated alkanes) is 3. The van der Waals surface area contributed by atoms with E-state index < -0.39 is 0 Å². The molecule has 1 rings (SSSR count). The molecule has 0 aliphatic heterocycles. The van der Waals surface area contributed by atoms with Gasteiger partial charge in [0.05, 0.1) is 13.2 Å². The topological polar surface area (TPSA) is 81.2 Å². The summed E-state index contributed by atoms with van der Waals surface area (Å²) in [5.74, 6) is 1.57. The molecule has 0 amide bonds. The van der Waals surface area contributed by atoms with Gasteiger partial charge in [0.2, 0.25) is 0 Å². The molecule has 0 fully saturated rings. The Bertz CT molecular complexity index is 635. The van der Waals surface area contributed by atoms with Gasteiger partial charge < -0.3 is 24.8 Å². The zero-order valence-corrected chi connectivity index (χ0v) is 19.1. The van der Waals surface area contributed by atoms with Crippen molar-refractivity contribution in [1.82, 2.24) is 10.6 Å². The molecular weight excluding hydrogens is 382 g/mol. The minimum atomic E-state index is -0.0987. The number of hydrogen-bond acceptors (Lipinski definition) is 5. The number of aliphatic imine (C=N–C) groups is 1. The van der Waals surface area contributed by atoms with E-state index in [1.807, 2.05) is 6.92 Å². The molecule has 7 heteroatoms. The SMILES string of the molecule is CCOC(=O)CCCCCCNC(=NC)NCc1ccc(C)cc1OCCCOC. The van der Waals surface area contributed by atoms with Crippen molar-refractivity contribution in [1.29, 1.82) is 0 Å². The van der Waals surface area contributed by atoms with Crippen LogP contribution in [0.1, 0.15) is 56.6 Å². The third kappa shape index (κ3) is 11.7. The van der Waals surface area contributed by atoms with Gasteiger partial charge in [0, 0.05) is 52.3 Å². The fraction of sp³-hybridized carbons (Fsp3) is 0.652. The number of carbonyl (C=O) groups excluding carboxylic acids is 1. The summed E-state index contributed by atoms with van der Waals surface area (Å²) in [5.41, 5.74) is 2.27. The third-order valence-corrected chi connectivity index (χ3v) is 4.55. The summed E-state index contributed by atoms with van der Waals surface area (Å²) < 4.78 is 16.0. The van der Waals surface area contributed by atoms with E-state index in [4.69, 9.17) is 14.2 Å². The van der Waals surface area contributed by atoms with E-state index in [2.05, 4.69) is 40.7 Å². The number of guanidine groups is 1. The van der Waals surface area contributed by atoms with Gasteiger partial charge >= 0.3 is 5.97 Å². The third-order valence-electron chi connectivity index (χ3n) is 4.55. The highest BCUT2D eigenvalue weighted by atomic mass is 16.5. The summed E-state index contributed by atoms with van der Waals surface area (Å²) in [6.07, 6.45) is 5.38. The Hall–Kier alpha value is -2.28. The van der Waals surface area contributed by atoms with Crippen LogP contribution in [-0.4, -0.2) is 52.5 Å². The van der Waals surface area contributed by atoms with E-state index in [-0.39, 0.29) is 5.97 Å². The van der Waals surface area contributed by atoms with E-state index in [9.17, 15) is 4.79 Å². The first-order chi connectivity index (χ1) is 14.6. The maximum Gasteiger partial charge on any atom is 0.305 e. The van der Waals surface area contributed by atoms with Gasteiger partial charge in [-0.1, -0.05) is 25.0 Å². The molecular formula is C23H39N3O4. The molecule has 0 aliphatic rings. The van der Waals surface area contributed by atoms with Gasteiger partial charge in [0.25, 0.3) is 0 Å². The quantitative estimate of drug-likeness (QED) is 0.195. The fourth-order valence-corrected chi connectivity index (χ4v) is 2.91. The molecule has 7 nitrogen and oxygen atoms in total. The Labute approximate surface area is 181 Å². The second kappa shape index (κ2) is 16.5. The average Bonchev–Trinajstić information content (AvgIpc) is 2.74. The van der Waals surface area contributed by atoms with Crippen LogP contribution in [0.25, 0.3) is 0 Å².